The van der Waals surface area contributed by atoms with Gasteiger partial charge in [0.25, 0.3) is 11.5 Å². The zero-order valence-corrected chi connectivity index (χ0v) is 27.2. The van der Waals surface area contributed by atoms with Gasteiger partial charge in [-0.25, -0.2) is 9.67 Å². The van der Waals surface area contributed by atoms with Crippen LogP contribution in [0.15, 0.2) is 89.4 Å². The second-order valence-electron chi connectivity index (χ2n) is 11.5. The van der Waals surface area contributed by atoms with E-state index < -0.39 is 18.1 Å². The average Bonchev–Trinajstić information content (AvgIpc) is 3.57. The van der Waals surface area contributed by atoms with E-state index >= 15 is 0 Å². The third-order valence-corrected chi connectivity index (χ3v) is 9.57. The number of hydrogen-bond acceptors (Lipinski definition) is 7. The zero-order chi connectivity index (χ0) is 32.4. The van der Waals surface area contributed by atoms with Crippen LogP contribution in [0.3, 0.4) is 0 Å². The molecule has 0 aliphatic carbocycles. The number of nitrogens with one attached hydrogen (secondary N) is 1. The average molecular weight is 639 g/mol. The van der Waals surface area contributed by atoms with Crippen LogP contribution in [0.4, 0.5) is 5.69 Å². The van der Waals surface area contributed by atoms with E-state index in [1.54, 1.807) is 22.1 Å². The molecule has 0 fully saturated rings. The normalized spacial score (nSPS) is 17.9. The van der Waals surface area contributed by atoms with Crippen LogP contribution < -0.4 is 10.9 Å². The number of allylic oxidation sites excluding steroid dienone is 1. The summed E-state index contributed by atoms with van der Waals surface area (Å²) in [5, 5.41) is 13.6. The number of hydrogen-bond donors (Lipinski definition) is 2. The summed E-state index contributed by atoms with van der Waals surface area (Å²) in [6.45, 7) is 6.19. The number of aliphatic hydroxyl groups is 1. The van der Waals surface area contributed by atoms with Crippen LogP contribution in [-0.4, -0.2) is 44.9 Å². The summed E-state index contributed by atoms with van der Waals surface area (Å²) in [6, 6.07) is 23.2. The molecular weight excluding hydrogens is 600 g/mol. The first-order valence-corrected chi connectivity index (χ1v) is 16.3. The van der Waals surface area contributed by atoms with Gasteiger partial charge in [-0.3, -0.25) is 14.3 Å². The fourth-order valence-corrected chi connectivity index (χ4v) is 7.19. The number of para-hydroxylation sites is 1. The first-order valence-electron chi connectivity index (χ1n) is 15.5. The summed E-state index contributed by atoms with van der Waals surface area (Å²) in [6.07, 6.45) is 2.01. The van der Waals surface area contributed by atoms with Crippen molar-refractivity contribution in [2.24, 2.45) is 13.0 Å². The van der Waals surface area contributed by atoms with E-state index in [0.717, 1.165) is 32.2 Å². The van der Waals surface area contributed by atoms with Crippen LogP contribution in [0.5, 0.6) is 0 Å². The van der Waals surface area contributed by atoms with E-state index in [4.69, 9.17) is 14.5 Å². The van der Waals surface area contributed by atoms with Crippen LogP contribution in [0.1, 0.15) is 42.5 Å². The van der Waals surface area contributed by atoms with Gasteiger partial charge in [0.1, 0.15) is 5.01 Å². The van der Waals surface area contributed by atoms with Gasteiger partial charge in [0.05, 0.1) is 15.9 Å². The SMILES string of the molecule is CCO[C@H]1OC(C(=O)Nc2ccc(-c3nc4ccc(C)cc4s3)cc2)=C[C@@H](c2c(C)n(C)n(-c3ccccc3)c2=O)[C@@H]1CCCO. The maximum absolute atomic E-state index is 14.1. The van der Waals surface area contributed by atoms with Gasteiger partial charge >= 0.3 is 0 Å². The van der Waals surface area contributed by atoms with Gasteiger partial charge in [-0.05, 0) is 93.8 Å². The molecule has 0 bridgehead atoms. The Balaban J connectivity index is 1.32. The number of aliphatic hydroxyl groups excluding tert-OH is 1. The monoisotopic (exact) mass is 638 g/mol. The minimum absolute atomic E-state index is 0.00615. The number of rotatable bonds is 10. The summed E-state index contributed by atoms with van der Waals surface area (Å²) in [5.74, 6) is -1.12. The first kappa shape index (κ1) is 31.5. The number of carbonyl (C=O) groups is 1. The first-order chi connectivity index (χ1) is 22.3. The molecule has 2 aromatic heterocycles. The molecule has 3 heterocycles. The van der Waals surface area contributed by atoms with Gasteiger partial charge in [0.2, 0.25) is 6.29 Å². The van der Waals surface area contributed by atoms with Gasteiger partial charge in [-0.1, -0.05) is 24.3 Å². The van der Waals surface area contributed by atoms with E-state index in [1.165, 1.54) is 5.56 Å². The summed E-state index contributed by atoms with van der Waals surface area (Å²) in [5.41, 5.74) is 5.65. The lowest BCUT2D eigenvalue weighted by Gasteiger charge is -2.36. The molecule has 0 saturated heterocycles. The van der Waals surface area contributed by atoms with Crippen LogP contribution in [-0.2, 0) is 21.3 Å². The molecule has 2 N–H and O–H groups in total. The molecule has 1 aliphatic heterocycles. The number of ether oxygens (including phenoxy) is 2. The van der Waals surface area contributed by atoms with Crippen molar-refractivity contribution in [3.8, 4) is 16.3 Å². The van der Waals surface area contributed by atoms with Crippen LogP contribution in [0, 0.1) is 19.8 Å². The van der Waals surface area contributed by atoms with Crippen molar-refractivity contribution in [1.29, 1.82) is 0 Å². The van der Waals surface area contributed by atoms with Gasteiger partial charge in [0, 0.05) is 54.6 Å². The predicted molar refractivity (Wildman–Crippen MR) is 181 cm³/mol. The van der Waals surface area contributed by atoms with Crippen LogP contribution in [0.2, 0.25) is 0 Å². The van der Waals surface area contributed by atoms with Crippen molar-refractivity contribution in [2.45, 2.75) is 45.8 Å². The van der Waals surface area contributed by atoms with Crippen molar-refractivity contribution in [1.82, 2.24) is 14.3 Å². The smallest absolute Gasteiger partial charge is 0.290 e. The lowest BCUT2D eigenvalue weighted by Crippen LogP contribution is -2.39. The molecule has 9 nitrogen and oxygen atoms in total. The highest BCUT2D eigenvalue weighted by atomic mass is 32.1. The van der Waals surface area contributed by atoms with E-state index in [9.17, 15) is 14.7 Å². The summed E-state index contributed by atoms with van der Waals surface area (Å²) in [4.78, 5) is 32.5. The minimum Gasteiger partial charge on any atom is -0.459 e. The maximum atomic E-state index is 14.1. The highest BCUT2D eigenvalue weighted by Gasteiger charge is 2.40. The number of nitrogens with zero attached hydrogens (tertiary/aromatic N) is 3. The molecule has 10 heteroatoms. The highest BCUT2D eigenvalue weighted by molar-refractivity contribution is 7.21. The minimum atomic E-state index is -0.776. The lowest BCUT2D eigenvalue weighted by molar-refractivity contribution is -0.165. The third-order valence-electron chi connectivity index (χ3n) is 8.50. The van der Waals surface area contributed by atoms with Crippen molar-refractivity contribution >= 4 is 33.1 Å². The molecule has 0 unspecified atom stereocenters. The van der Waals surface area contributed by atoms with Crippen molar-refractivity contribution in [2.75, 3.05) is 18.5 Å². The van der Waals surface area contributed by atoms with Crippen molar-refractivity contribution in [3.63, 3.8) is 0 Å². The summed E-state index contributed by atoms with van der Waals surface area (Å²) in [7, 11) is 1.85. The maximum Gasteiger partial charge on any atom is 0.290 e. The molecule has 1 amide bonds. The van der Waals surface area contributed by atoms with Gasteiger partial charge in [0.15, 0.2) is 5.76 Å². The third kappa shape index (κ3) is 6.16. The molecular formula is C36H38N4O5S. The summed E-state index contributed by atoms with van der Waals surface area (Å²) >= 11 is 1.63. The van der Waals surface area contributed by atoms with Crippen LogP contribution >= 0.6 is 11.3 Å². The molecule has 0 saturated carbocycles. The number of fused-ring (bicyclic) bond motifs is 1. The van der Waals surface area contributed by atoms with E-state index in [2.05, 4.69) is 24.4 Å². The zero-order valence-electron chi connectivity index (χ0n) is 26.4. The Morgan fingerprint density at radius 1 is 1.09 bits per heavy atom. The van der Waals surface area contributed by atoms with Gasteiger partial charge in [-0.15, -0.1) is 11.3 Å². The number of carbonyl (C=O) groups excluding carboxylic acids is 1. The molecule has 0 spiro atoms. The fourth-order valence-electron chi connectivity index (χ4n) is 6.12. The molecule has 6 rings (SSSR count). The molecule has 0 radical (unpaired) electrons. The predicted octanol–water partition coefficient (Wildman–Crippen LogP) is 6.46. The lowest BCUT2D eigenvalue weighted by atomic mass is 9.80. The Hall–Kier alpha value is -4.51. The Labute approximate surface area is 271 Å². The Bertz CT molecular complexity index is 1940. The largest absolute Gasteiger partial charge is 0.459 e. The Kier molecular flexibility index (Phi) is 9.21. The van der Waals surface area contributed by atoms with Crippen LogP contribution in [0.25, 0.3) is 26.5 Å². The topological polar surface area (TPSA) is 108 Å². The second kappa shape index (κ2) is 13.5. The number of aryl methyl sites for hydroxylation is 1. The van der Waals surface area contributed by atoms with E-state index in [1.807, 2.05) is 86.2 Å². The molecule has 1 aliphatic rings. The van der Waals surface area contributed by atoms with Crippen molar-refractivity contribution < 1.29 is 19.4 Å². The molecule has 3 atom stereocenters. The number of aromatic nitrogens is 3. The highest BCUT2D eigenvalue weighted by Crippen LogP contribution is 2.40. The number of anilines is 1. The number of thiazole rings is 1. The van der Waals surface area contributed by atoms with Crippen molar-refractivity contribution in [3.05, 3.63) is 112 Å². The molecule has 3 aromatic carbocycles. The molecule has 5 aromatic rings. The number of benzene rings is 3. The second-order valence-corrected chi connectivity index (χ2v) is 12.6. The Morgan fingerprint density at radius 2 is 1.85 bits per heavy atom. The molecule has 46 heavy (non-hydrogen) atoms. The summed E-state index contributed by atoms with van der Waals surface area (Å²) < 4.78 is 16.8. The van der Waals surface area contributed by atoms with Gasteiger partial charge in [-0.2, -0.15) is 0 Å². The van der Waals surface area contributed by atoms with E-state index in [0.29, 0.717) is 30.7 Å². The fraction of sp³-hybridized carbons (Fsp3) is 0.306. The molecule has 238 valence electrons. The number of amides is 1. The standard InChI is InChI=1S/C36H38N4O5S/c1-5-44-36-27(12-9-19-41)28(32-23(3)39(4)40(35(32)43)26-10-7-6-8-11-26)21-30(45-36)33(42)37-25-16-14-24(15-17-25)34-38-29-18-13-22(2)20-31(29)46-34/h6-8,10-11,13-18,20-21,27-28,36,41H,5,9,12,19H2,1-4H3,(H,37,42)/t27-,28+,36-/m0/s1. The van der Waals surface area contributed by atoms with Gasteiger partial charge < -0.3 is 19.9 Å². The quantitative estimate of drug-likeness (QED) is 0.182. The Morgan fingerprint density at radius 3 is 2.57 bits per heavy atom. The van der Waals surface area contributed by atoms with E-state index in [-0.39, 0.29) is 23.8 Å².